The van der Waals surface area contributed by atoms with Crippen molar-refractivity contribution >= 4 is 17.5 Å². The number of hydrogen-bond acceptors (Lipinski definition) is 6. The van der Waals surface area contributed by atoms with Gasteiger partial charge in [0.2, 0.25) is 0 Å². The summed E-state index contributed by atoms with van der Waals surface area (Å²) in [6.45, 7) is 10.3. The van der Waals surface area contributed by atoms with Crippen LogP contribution in [0.4, 0.5) is 0 Å². The molecule has 1 aromatic heterocycles. The van der Waals surface area contributed by atoms with E-state index in [0.717, 1.165) is 18.4 Å². The molecule has 6 rings (SSSR count). The lowest BCUT2D eigenvalue weighted by molar-refractivity contribution is -0.211. The second kappa shape index (κ2) is 5.64. The van der Waals surface area contributed by atoms with Gasteiger partial charge in [0.15, 0.2) is 11.9 Å². The first-order chi connectivity index (χ1) is 14.9. The molecule has 0 amide bonds. The van der Waals surface area contributed by atoms with E-state index in [1.165, 1.54) is 0 Å². The average Bonchev–Trinajstić information content (AvgIpc) is 3.29. The predicted molar refractivity (Wildman–Crippen MR) is 113 cm³/mol. The molecule has 1 aromatic rings. The molecule has 0 unspecified atom stereocenters. The van der Waals surface area contributed by atoms with Crippen molar-refractivity contribution in [1.29, 1.82) is 0 Å². The molecule has 5 aliphatic rings. The van der Waals surface area contributed by atoms with Crippen LogP contribution >= 0.6 is 0 Å². The Morgan fingerprint density at radius 2 is 1.75 bits per heavy atom. The number of rotatable bonds is 1. The monoisotopic (exact) mass is 438 g/mol. The molecule has 2 saturated carbocycles. The lowest BCUT2D eigenvalue weighted by atomic mass is 9.36. The molecule has 6 nitrogen and oxygen atoms in total. The highest BCUT2D eigenvalue weighted by atomic mass is 16.7. The lowest BCUT2D eigenvalue weighted by Crippen LogP contribution is -2.70. The quantitative estimate of drug-likeness (QED) is 0.483. The highest BCUT2D eigenvalue weighted by molar-refractivity contribution is 5.97. The van der Waals surface area contributed by atoms with Crippen LogP contribution in [0.25, 0.3) is 0 Å². The molecule has 0 radical (unpaired) electrons. The van der Waals surface area contributed by atoms with E-state index in [1.54, 1.807) is 24.7 Å². The SMILES string of the molecule is CC1(C)C(=O)C=C[C@]2(C)[C@H]3C(=O)C[C@@]4(C)[C@H](c5ccoc5)OC(=O)[C@H]5O[C@]54[C@]3(C)CC[C@@H]12. The molecule has 0 bridgehead atoms. The van der Waals surface area contributed by atoms with Crippen LogP contribution in [-0.4, -0.2) is 29.2 Å². The summed E-state index contributed by atoms with van der Waals surface area (Å²) < 4.78 is 17.5. The number of ether oxygens (including phenoxy) is 2. The Labute approximate surface area is 187 Å². The summed E-state index contributed by atoms with van der Waals surface area (Å²) >= 11 is 0. The van der Waals surface area contributed by atoms with Gasteiger partial charge in [-0.15, -0.1) is 0 Å². The zero-order valence-electron chi connectivity index (χ0n) is 19.3. The van der Waals surface area contributed by atoms with Gasteiger partial charge in [0.1, 0.15) is 17.5 Å². The minimum Gasteiger partial charge on any atom is -0.472 e. The van der Waals surface area contributed by atoms with Crippen molar-refractivity contribution in [1.82, 2.24) is 0 Å². The minimum absolute atomic E-state index is 0.0627. The van der Waals surface area contributed by atoms with E-state index in [4.69, 9.17) is 13.9 Å². The molecule has 2 saturated heterocycles. The summed E-state index contributed by atoms with van der Waals surface area (Å²) in [5.74, 6) is -0.330. The second-order valence-electron chi connectivity index (χ2n) is 11.9. The fourth-order valence-corrected chi connectivity index (χ4v) is 8.82. The van der Waals surface area contributed by atoms with Crippen LogP contribution in [-0.2, 0) is 23.9 Å². The number of carbonyl (C=O) groups excluding carboxylic acids is 3. The van der Waals surface area contributed by atoms with Gasteiger partial charge in [0, 0.05) is 34.1 Å². The van der Waals surface area contributed by atoms with Crippen LogP contribution in [0.5, 0.6) is 0 Å². The molecule has 3 aliphatic carbocycles. The molecular formula is C26H30O6. The molecule has 4 fully saturated rings. The fraction of sp³-hybridized carbons (Fsp3) is 0.654. The normalized spacial score (nSPS) is 50.6. The predicted octanol–water partition coefficient (Wildman–Crippen LogP) is 4.20. The van der Waals surface area contributed by atoms with E-state index in [9.17, 15) is 14.4 Å². The first-order valence-electron chi connectivity index (χ1n) is 11.6. The number of carbonyl (C=O) groups is 3. The van der Waals surface area contributed by atoms with E-state index in [0.29, 0.717) is 0 Å². The molecule has 2 aliphatic heterocycles. The van der Waals surface area contributed by atoms with Gasteiger partial charge in [-0.2, -0.15) is 0 Å². The van der Waals surface area contributed by atoms with Crippen LogP contribution in [0.15, 0.2) is 35.2 Å². The Balaban J connectivity index is 1.53. The number of allylic oxidation sites excluding steroid dienone is 2. The van der Waals surface area contributed by atoms with Gasteiger partial charge < -0.3 is 13.9 Å². The summed E-state index contributed by atoms with van der Waals surface area (Å²) in [6, 6.07) is 1.80. The first-order valence-corrected chi connectivity index (χ1v) is 11.6. The molecule has 3 heterocycles. The van der Waals surface area contributed by atoms with Crippen molar-refractivity contribution in [3.05, 3.63) is 36.3 Å². The Morgan fingerprint density at radius 3 is 2.44 bits per heavy atom. The summed E-state index contributed by atoms with van der Waals surface area (Å²) in [4.78, 5) is 39.8. The van der Waals surface area contributed by atoms with Crippen LogP contribution in [0, 0.1) is 33.5 Å². The van der Waals surface area contributed by atoms with E-state index >= 15 is 0 Å². The number of epoxide rings is 1. The third-order valence-electron chi connectivity index (χ3n) is 10.1. The molecular weight excluding hydrogens is 408 g/mol. The van der Waals surface area contributed by atoms with Crippen LogP contribution in [0.3, 0.4) is 0 Å². The van der Waals surface area contributed by atoms with Gasteiger partial charge in [-0.05, 0) is 36.3 Å². The van der Waals surface area contributed by atoms with Crippen molar-refractivity contribution in [3.63, 3.8) is 0 Å². The van der Waals surface area contributed by atoms with Gasteiger partial charge in [0.05, 0.1) is 12.5 Å². The van der Waals surface area contributed by atoms with Crippen molar-refractivity contribution in [2.45, 2.75) is 71.7 Å². The van der Waals surface area contributed by atoms with Gasteiger partial charge in [0.25, 0.3) is 0 Å². The summed E-state index contributed by atoms with van der Waals surface area (Å²) in [5.41, 5.74) is -2.25. The topological polar surface area (TPSA) is 86.1 Å². The molecule has 0 aromatic carbocycles. The minimum atomic E-state index is -0.775. The largest absolute Gasteiger partial charge is 0.472 e. The van der Waals surface area contributed by atoms with Crippen molar-refractivity contribution in [2.75, 3.05) is 0 Å². The first kappa shape index (κ1) is 20.4. The molecule has 0 N–H and O–H groups in total. The molecule has 170 valence electrons. The maximum atomic E-state index is 14.1. The van der Waals surface area contributed by atoms with Gasteiger partial charge in [-0.1, -0.05) is 40.7 Å². The zero-order chi connectivity index (χ0) is 22.9. The lowest BCUT2D eigenvalue weighted by Gasteiger charge is -2.66. The highest BCUT2D eigenvalue weighted by Gasteiger charge is 2.87. The Bertz CT molecular complexity index is 1080. The maximum absolute atomic E-state index is 14.1. The van der Waals surface area contributed by atoms with Gasteiger partial charge in [-0.25, -0.2) is 4.79 Å². The van der Waals surface area contributed by atoms with Crippen LogP contribution < -0.4 is 0 Å². The maximum Gasteiger partial charge on any atom is 0.339 e. The number of hydrogen-bond donors (Lipinski definition) is 0. The van der Waals surface area contributed by atoms with Crippen LogP contribution in [0.1, 0.15) is 65.5 Å². The van der Waals surface area contributed by atoms with E-state index in [2.05, 4.69) is 13.8 Å². The summed E-state index contributed by atoms with van der Waals surface area (Å²) in [7, 11) is 0. The smallest absolute Gasteiger partial charge is 0.339 e. The Hall–Kier alpha value is -2.21. The van der Waals surface area contributed by atoms with Crippen molar-refractivity contribution in [3.8, 4) is 0 Å². The van der Waals surface area contributed by atoms with Crippen LogP contribution in [0.2, 0.25) is 0 Å². The third kappa shape index (κ3) is 1.96. The number of ketones is 2. The van der Waals surface area contributed by atoms with Gasteiger partial charge >= 0.3 is 5.97 Å². The summed E-state index contributed by atoms with van der Waals surface area (Å²) in [6.07, 6.45) is 7.36. The number of esters is 1. The Kier molecular flexibility index (Phi) is 3.60. The molecule has 1 spiro atoms. The van der Waals surface area contributed by atoms with Crippen molar-refractivity contribution in [2.24, 2.45) is 33.5 Å². The third-order valence-corrected chi connectivity index (χ3v) is 10.1. The molecule has 6 heteroatoms. The Morgan fingerprint density at radius 1 is 1.00 bits per heavy atom. The number of Topliss-reactive ketones (excluding diaryl/α,β-unsaturated/α-hetero) is 1. The fourth-order valence-electron chi connectivity index (χ4n) is 8.82. The van der Waals surface area contributed by atoms with Crippen molar-refractivity contribution < 1.29 is 28.3 Å². The zero-order valence-corrected chi connectivity index (χ0v) is 19.3. The summed E-state index contributed by atoms with van der Waals surface area (Å²) in [5, 5.41) is 0. The molecule has 32 heavy (non-hydrogen) atoms. The second-order valence-corrected chi connectivity index (χ2v) is 11.9. The molecule has 8 atom stereocenters. The van der Waals surface area contributed by atoms with E-state index in [-0.39, 0.29) is 35.8 Å². The van der Waals surface area contributed by atoms with E-state index < -0.39 is 39.5 Å². The number of cyclic esters (lactones) is 1. The average molecular weight is 439 g/mol. The number of fused-ring (bicyclic) bond motifs is 3. The highest BCUT2D eigenvalue weighted by Crippen LogP contribution is 2.78. The number of furan rings is 1. The standard InChI is InChI=1S/C26H30O6/c1-22(2)16-6-10-24(4)18(23(16,3)9-7-17(22)28)15(27)12-25(5)19(14-8-11-30-13-14)31-21(29)20-26(24,25)32-20/h7-9,11,13,16,18-20H,6,10,12H2,1-5H3/t16-,18+,19-,20+,23-,24+,25-,26-/m0/s1. The van der Waals surface area contributed by atoms with Gasteiger partial charge in [-0.3, -0.25) is 9.59 Å². The van der Waals surface area contributed by atoms with E-state index in [1.807, 2.05) is 26.8 Å².